The maximum Gasteiger partial charge on any atom is 0.251 e. The predicted molar refractivity (Wildman–Crippen MR) is 87.9 cm³/mol. The van der Waals surface area contributed by atoms with Crippen molar-refractivity contribution in [2.24, 2.45) is 0 Å². The van der Waals surface area contributed by atoms with Crippen molar-refractivity contribution < 1.29 is 9.53 Å². The summed E-state index contributed by atoms with van der Waals surface area (Å²) in [7, 11) is 0. The maximum absolute atomic E-state index is 12.1. The molecule has 110 valence electrons. The molecule has 0 unspecified atom stereocenters. The van der Waals surface area contributed by atoms with Gasteiger partial charge in [0, 0.05) is 17.4 Å². The standard InChI is InChI=1S/C17H18BrNO2/c1-2-21-16-9-7-15(8-10-16)17(20)19-12-14-5-3-13(11-18)4-6-14/h3-10H,2,11-12H2,1H3,(H,19,20). The summed E-state index contributed by atoms with van der Waals surface area (Å²) in [5.74, 6) is 0.696. The van der Waals surface area contributed by atoms with Crippen LogP contribution in [-0.4, -0.2) is 12.5 Å². The Morgan fingerprint density at radius 2 is 1.67 bits per heavy atom. The molecule has 0 aliphatic rings. The average Bonchev–Trinajstić information content (AvgIpc) is 2.54. The Bertz CT molecular complexity index is 579. The summed E-state index contributed by atoms with van der Waals surface area (Å²) in [6.45, 7) is 3.08. The zero-order valence-corrected chi connectivity index (χ0v) is 13.5. The Morgan fingerprint density at radius 1 is 1.05 bits per heavy atom. The lowest BCUT2D eigenvalue weighted by Gasteiger charge is -2.07. The van der Waals surface area contributed by atoms with Crippen LogP contribution >= 0.6 is 15.9 Å². The van der Waals surface area contributed by atoms with Crippen LogP contribution in [0, 0.1) is 0 Å². The van der Waals surface area contributed by atoms with Gasteiger partial charge in [-0.05, 0) is 42.3 Å². The number of rotatable bonds is 6. The first-order chi connectivity index (χ1) is 10.2. The van der Waals surface area contributed by atoms with Gasteiger partial charge < -0.3 is 10.1 Å². The number of alkyl halides is 1. The lowest BCUT2D eigenvalue weighted by Crippen LogP contribution is -2.22. The third kappa shape index (κ3) is 4.60. The fourth-order valence-corrected chi connectivity index (χ4v) is 2.27. The van der Waals surface area contributed by atoms with Crippen LogP contribution < -0.4 is 10.1 Å². The SMILES string of the molecule is CCOc1ccc(C(=O)NCc2ccc(CBr)cc2)cc1. The molecule has 0 aliphatic carbocycles. The molecule has 3 nitrogen and oxygen atoms in total. The van der Waals surface area contributed by atoms with Crippen LogP contribution in [-0.2, 0) is 11.9 Å². The van der Waals surface area contributed by atoms with Gasteiger partial charge in [-0.25, -0.2) is 0 Å². The normalized spacial score (nSPS) is 10.2. The van der Waals surface area contributed by atoms with Crippen molar-refractivity contribution in [2.45, 2.75) is 18.8 Å². The Kier molecular flexibility index (Phi) is 5.81. The zero-order chi connectivity index (χ0) is 15.1. The number of nitrogens with one attached hydrogen (secondary N) is 1. The van der Waals surface area contributed by atoms with Gasteiger partial charge in [0.1, 0.15) is 5.75 Å². The van der Waals surface area contributed by atoms with Gasteiger partial charge in [-0.1, -0.05) is 40.2 Å². The van der Waals surface area contributed by atoms with Crippen molar-refractivity contribution in [2.75, 3.05) is 6.61 Å². The predicted octanol–water partition coefficient (Wildman–Crippen LogP) is 3.91. The van der Waals surface area contributed by atoms with Gasteiger partial charge >= 0.3 is 0 Å². The summed E-state index contributed by atoms with van der Waals surface area (Å²) >= 11 is 3.41. The second-order valence-electron chi connectivity index (χ2n) is 4.59. The molecule has 2 aromatic carbocycles. The lowest BCUT2D eigenvalue weighted by atomic mass is 10.1. The van der Waals surface area contributed by atoms with E-state index in [1.165, 1.54) is 5.56 Å². The highest BCUT2D eigenvalue weighted by Gasteiger charge is 2.05. The summed E-state index contributed by atoms with van der Waals surface area (Å²) in [6, 6.07) is 15.3. The molecule has 0 radical (unpaired) electrons. The Morgan fingerprint density at radius 3 is 2.24 bits per heavy atom. The minimum absolute atomic E-state index is 0.0809. The number of carbonyl (C=O) groups excluding carboxylic acids is 1. The third-order valence-corrected chi connectivity index (χ3v) is 3.71. The van der Waals surface area contributed by atoms with Gasteiger partial charge in [-0.3, -0.25) is 4.79 Å². The molecule has 1 amide bonds. The third-order valence-electron chi connectivity index (χ3n) is 3.06. The Balaban J connectivity index is 1.91. The lowest BCUT2D eigenvalue weighted by molar-refractivity contribution is 0.0951. The molecular formula is C17H18BrNO2. The van der Waals surface area contributed by atoms with E-state index in [0.717, 1.165) is 16.6 Å². The fraction of sp³-hybridized carbons (Fsp3) is 0.235. The average molecular weight is 348 g/mol. The Labute approximate surface area is 133 Å². The van der Waals surface area contributed by atoms with Gasteiger partial charge in [0.25, 0.3) is 5.91 Å². The summed E-state index contributed by atoms with van der Waals surface area (Å²) in [4.78, 5) is 12.1. The number of carbonyl (C=O) groups is 1. The summed E-state index contributed by atoms with van der Waals surface area (Å²) in [6.07, 6.45) is 0. The largest absolute Gasteiger partial charge is 0.494 e. The van der Waals surface area contributed by atoms with Crippen LogP contribution in [0.15, 0.2) is 48.5 Å². The van der Waals surface area contributed by atoms with Crippen molar-refractivity contribution in [3.8, 4) is 5.75 Å². The quantitative estimate of drug-likeness (QED) is 0.804. The van der Waals surface area contributed by atoms with Gasteiger partial charge in [0.15, 0.2) is 0 Å². The number of halogens is 1. The van der Waals surface area contributed by atoms with Crippen LogP contribution in [0.4, 0.5) is 0 Å². The van der Waals surface area contributed by atoms with Crippen LogP contribution in [0.5, 0.6) is 5.75 Å². The smallest absolute Gasteiger partial charge is 0.251 e. The van der Waals surface area contributed by atoms with E-state index in [1.807, 2.05) is 43.3 Å². The first-order valence-corrected chi connectivity index (χ1v) is 8.00. The van der Waals surface area contributed by atoms with E-state index < -0.39 is 0 Å². The van der Waals surface area contributed by atoms with Crippen molar-refractivity contribution in [1.82, 2.24) is 5.32 Å². The van der Waals surface area contributed by atoms with Gasteiger partial charge in [0.05, 0.1) is 6.61 Å². The molecule has 0 spiro atoms. The van der Waals surface area contributed by atoms with Crippen LogP contribution in [0.1, 0.15) is 28.4 Å². The highest BCUT2D eigenvalue weighted by Crippen LogP contribution is 2.12. The van der Waals surface area contributed by atoms with Crippen LogP contribution in [0.2, 0.25) is 0 Å². The molecule has 0 fully saturated rings. The highest BCUT2D eigenvalue weighted by molar-refractivity contribution is 9.08. The minimum atomic E-state index is -0.0809. The van der Waals surface area contributed by atoms with E-state index in [2.05, 4.69) is 21.2 Å². The minimum Gasteiger partial charge on any atom is -0.494 e. The van der Waals surface area contributed by atoms with Gasteiger partial charge in [-0.15, -0.1) is 0 Å². The molecule has 21 heavy (non-hydrogen) atoms. The topological polar surface area (TPSA) is 38.3 Å². The second-order valence-corrected chi connectivity index (χ2v) is 5.15. The van der Waals surface area contributed by atoms with Gasteiger partial charge in [0.2, 0.25) is 0 Å². The fourth-order valence-electron chi connectivity index (χ4n) is 1.90. The molecular weight excluding hydrogens is 330 g/mol. The van der Waals surface area contributed by atoms with E-state index >= 15 is 0 Å². The molecule has 0 aromatic heterocycles. The number of hydrogen-bond donors (Lipinski definition) is 1. The summed E-state index contributed by atoms with van der Waals surface area (Å²) in [5, 5.41) is 3.75. The summed E-state index contributed by atoms with van der Waals surface area (Å²) < 4.78 is 5.36. The van der Waals surface area contributed by atoms with Crippen molar-refractivity contribution in [3.05, 3.63) is 65.2 Å². The molecule has 0 bridgehead atoms. The van der Waals surface area contributed by atoms with E-state index in [0.29, 0.717) is 18.7 Å². The molecule has 0 saturated carbocycles. The van der Waals surface area contributed by atoms with E-state index in [9.17, 15) is 4.79 Å². The summed E-state index contributed by atoms with van der Waals surface area (Å²) in [5.41, 5.74) is 2.94. The number of benzene rings is 2. The van der Waals surface area contributed by atoms with E-state index in [1.54, 1.807) is 12.1 Å². The van der Waals surface area contributed by atoms with Crippen molar-refractivity contribution >= 4 is 21.8 Å². The first kappa shape index (κ1) is 15.6. The first-order valence-electron chi connectivity index (χ1n) is 6.87. The highest BCUT2D eigenvalue weighted by atomic mass is 79.9. The van der Waals surface area contributed by atoms with Gasteiger partial charge in [-0.2, -0.15) is 0 Å². The van der Waals surface area contributed by atoms with Crippen LogP contribution in [0.25, 0.3) is 0 Å². The molecule has 0 heterocycles. The maximum atomic E-state index is 12.1. The number of amides is 1. The van der Waals surface area contributed by atoms with E-state index in [4.69, 9.17) is 4.74 Å². The Hall–Kier alpha value is -1.81. The van der Waals surface area contributed by atoms with Crippen LogP contribution in [0.3, 0.4) is 0 Å². The molecule has 2 rings (SSSR count). The molecule has 1 N–H and O–H groups in total. The van der Waals surface area contributed by atoms with E-state index in [-0.39, 0.29) is 5.91 Å². The van der Waals surface area contributed by atoms with Crippen molar-refractivity contribution in [1.29, 1.82) is 0 Å². The number of ether oxygens (including phenoxy) is 1. The molecule has 0 aliphatic heterocycles. The second kappa shape index (κ2) is 7.84. The molecule has 2 aromatic rings. The zero-order valence-electron chi connectivity index (χ0n) is 11.9. The molecule has 4 heteroatoms. The monoisotopic (exact) mass is 347 g/mol. The van der Waals surface area contributed by atoms with Crippen molar-refractivity contribution in [3.63, 3.8) is 0 Å². The molecule has 0 atom stereocenters. The molecule has 0 saturated heterocycles. The number of hydrogen-bond acceptors (Lipinski definition) is 2.